The first-order valence-corrected chi connectivity index (χ1v) is 9.54. The number of pyridine rings is 1. The third kappa shape index (κ3) is 4.33. The number of benzene rings is 2. The average Bonchev–Trinajstić information content (AvgIpc) is 3.08. The van der Waals surface area contributed by atoms with Gasteiger partial charge in [-0.1, -0.05) is 72.0 Å². The highest BCUT2D eigenvalue weighted by molar-refractivity contribution is 7.13. The number of nitrogens with one attached hydrogen (secondary N) is 1. The fraction of sp³-hybridized carbons (Fsp3) is 0.0909. The molecule has 0 saturated heterocycles. The Kier molecular flexibility index (Phi) is 5.12. The van der Waals surface area contributed by atoms with Gasteiger partial charge in [0.1, 0.15) is 17.3 Å². The second kappa shape index (κ2) is 8.01. The smallest absolute Gasteiger partial charge is 0.208 e. The highest BCUT2D eigenvalue weighted by Crippen LogP contribution is 2.38. The van der Waals surface area contributed by atoms with Crippen molar-refractivity contribution in [2.75, 3.05) is 5.32 Å². The summed E-state index contributed by atoms with van der Waals surface area (Å²) in [7, 11) is 0. The molecule has 0 unspecified atom stereocenters. The molecule has 2 aromatic carbocycles. The minimum atomic E-state index is 0.715. The van der Waals surface area contributed by atoms with Crippen molar-refractivity contribution in [2.45, 2.75) is 13.5 Å². The normalized spacial score (nSPS) is 10.6. The van der Waals surface area contributed by atoms with Gasteiger partial charge in [0.2, 0.25) is 5.06 Å². The zero-order chi connectivity index (χ0) is 18.5. The van der Waals surface area contributed by atoms with Gasteiger partial charge in [0.05, 0.1) is 5.01 Å². The van der Waals surface area contributed by atoms with Gasteiger partial charge in [-0.2, -0.15) is 0 Å². The van der Waals surface area contributed by atoms with Crippen molar-refractivity contribution in [2.24, 2.45) is 0 Å². The van der Waals surface area contributed by atoms with Gasteiger partial charge in [0.25, 0.3) is 0 Å². The van der Waals surface area contributed by atoms with Crippen molar-refractivity contribution in [1.82, 2.24) is 9.97 Å². The molecule has 0 saturated carbocycles. The molecule has 0 aliphatic heterocycles. The maximum atomic E-state index is 6.15. The van der Waals surface area contributed by atoms with E-state index in [1.165, 1.54) is 5.56 Å². The first-order valence-electron chi connectivity index (χ1n) is 8.72. The summed E-state index contributed by atoms with van der Waals surface area (Å²) in [5.74, 6) is 1.51. The zero-order valence-corrected chi connectivity index (χ0v) is 15.7. The number of aryl methyl sites for hydroxylation is 1. The molecule has 0 amide bonds. The predicted octanol–water partition coefficient (Wildman–Crippen LogP) is 5.92. The van der Waals surface area contributed by atoms with Crippen molar-refractivity contribution >= 4 is 17.2 Å². The third-order valence-electron chi connectivity index (χ3n) is 4.01. The molecule has 0 radical (unpaired) electrons. The molecule has 2 aromatic heterocycles. The molecule has 1 N–H and O–H groups in total. The van der Waals surface area contributed by atoms with Crippen LogP contribution >= 0.6 is 11.3 Å². The predicted molar refractivity (Wildman–Crippen MR) is 110 cm³/mol. The van der Waals surface area contributed by atoms with Gasteiger partial charge in [0.15, 0.2) is 0 Å². The Morgan fingerprint density at radius 3 is 2.48 bits per heavy atom. The standard InChI is InChI=1S/C22H19N3OS/c1-16-25-21(18-10-6-3-7-11-18)22(27-16)26-19-12-13-23-20(14-19)24-15-17-8-4-2-5-9-17/h2-14H,15H2,1H3,(H,23,24). The van der Waals surface area contributed by atoms with Gasteiger partial charge in [-0.15, -0.1) is 0 Å². The van der Waals surface area contributed by atoms with Crippen LogP contribution in [-0.2, 0) is 6.54 Å². The van der Waals surface area contributed by atoms with Gasteiger partial charge >= 0.3 is 0 Å². The summed E-state index contributed by atoms with van der Waals surface area (Å²) in [4.78, 5) is 9.02. The Labute approximate surface area is 162 Å². The number of hydrogen-bond donors (Lipinski definition) is 1. The van der Waals surface area contributed by atoms with Crippen molar-refractivity contribution in [3.05, 3.63) is 89.6 Å². The summed E-state index contributed by atoms with van der Waals surface area (Å²) in [5.41, 5.74) is 3.12. The highest BCUT2D eigenvalue weighted by atomic mass is 32.1. The number of nitrogens with zero attached hydrogens (tertiary/aromatic N) is 2. The fourth-order valence-corrected chi connectivity index (χ4v) is 3.53. The van der Waals surface area contributed by atoms with Crippen LogP contribution in [0.25, 0.3) is 11.3 Å². The van der Waals surface area contributed by atoms with E-state index in [2.05, 4.69) is 27.4 Å². The lowest BCUT2D eigenvalue weighted by Gasteiger charge is -2.09. The molecule has 4 aromatic rings. The molecule has 5 heteroatoms. The van der Waals surface area contributed by atoms with E-state index in [0.29, 0.717) is 6.54 Å². The largest absolute Gasteiger partial charge is 0.444 e. The molecule has 0 spiro atoms. The number of rotatable bonds is 6. The van der Waals surface area contributed by atoms with Crippen LogP contribution in [0.2, 0.25) is 0 Å². The molecule has 0 atom stereocenters. The van der Waals surface area contributed by atoms with Crippen LogP contribution in [-0.4, -0.2) is 9.97 Å². The van der Waals surface area contributed by atoms with E-state index in [9.17, 15) is 0 Å². The molecule has 0 bridgehead atoms. The summed E-state index contributed by atoms with van der Waals surface area (Å²) in [6.45, 7) is 2.70. The van der Waals surface area contributed by atoms with Crippen LogP contribution in [0.5, 0.6) is 10.8 Å². The molecule has 4 nitrogen and oxygen atoms in total. The SMILES string of the molecule is Cc1nc(-c2ccccc2)c(Oc2ccnc(NCc3ccccc3)c2)s1. The zero-order valence-electron chi connectivity index (χ0n) is 14.9. The molecular formula is C22H19N3OS. The Hall–Kier alpha value is -3.18. The van der Waals surface area contributed by atoms with Gasteiger partial charge in [0, 0.05) is 24.4 Å². The Balaban J connectivity index is 1.52. The lowest BCUT2D eigenvalue weighted by Crippen LogP contribution is -2.01. The van der Waals surface area contributed by atoms with Crippen LogP contribution < -0.4 is 10.1 Å². The van der Waals surface area contributed by atoms with Crippen LogP contribution in [0.4, 0.5) is 5.82 Å². The Morgan fingerprint density at radius 1 is 0.963 bits per heavy atom. The van der Waals surface area contributed by atoms with Gasteiger partial charge < -0.3 is 10.1 Å². The minimum Gasteiger partial charge on any atom is -0.444 e. The molecule has 4 rings (SSSR count). The molecule has 0 aliphatic carbocycles. The maximum Gasteiger partial charge on any atom is 0.208 e. The number of thiazole rings is 1. The highest BCUT2D eigenvalue weighted by Gasteiger charge is 2.13. The topological polar surface area (TPSA) is 47.0 Å². The first-order chi connectivity index (χ1) is 13.3. The van der Waals surface area contributed by atoms with Crippen LogP contribution in [0.15, 0.2) is 79.0 Å². The van der Waals surface area contributed by atoms with E-state index in [0.717, 1.165) is 32.9 Å². The number of hydrogen-bond acceptors (Lipinski definition) is 5. The molecule has 27 heavy (non-hydrogen) atoms. The fourth-order valence-electron chi connectivity index (χ4n) is 2.72. The van der Waals surface area contributed by atoms with Crippen LogP contribution in [0.1, 0.15) is 10.6 Å². The Morgan fingerprint density at radius 2 is 1.70 bits per heavy atom. The monoisotopic (exact) mass is 373 g/mol. The van der Waals surface area contributed by atoms with E-state index in [4.69, 9.17) is 4.74 Å². The maximum absolute atomic E-state index is 6.15. The quantitative estimate of drug-likeness (QED) is 0.456. The summed E-state index contributed by atoms with van der Waals surface area (Å²) >= 11 is 1.55. The van der Waals surface area contributed by atoms with Gasteiger partial charge in [-0.25, -0.2) is 9.97 Å². The average molecular weight is 373 g/mol. The van der Waals surface area contributed by atoms with E-state index >= 15 is 0 Å². The van der Waals surface area contributed by atoms with E-state index in [1.54, 1.807) is 17.5 Å². The van der Waals surface area contributed by atoms with Crippen LogP contribution in [0, 0.1) is 6.92 Å². The number of anilines is 1. The van der Waals surface area contributed by atoms with E-state index < -0.39 is 0 Å². The molecule has 0 fully saturated rings. The van der Waals surface area contributed by atoms with E-state index in [1.807, 2.05) is 67.6 Å². The number of ether oxygens (including phenoxy) is 1. The second-order valence-electron chi connectivity index (χ2n) is 6.05. The third-order valence-corrected chi connectivity index (χ3v) is 4.86. The lowest BCUT2D eigenvalue weighted by atomic mass is 10.2. The number of aromatic nitrogens is 2. The van der Waals surface area contributed by atoms with E-state index in [-0.39, 0.29) is 0 Å². The molecule has 134 valence electrons. The summed E-state index contributed by atoms with van der Waals surface area (Å²) in [5, 5.41) is 5.10. The first kappa shape index (κ1) is 17.2. The summed E-state index contributed by atoms with van der Waals surface area (Å²) in [6.07, 6.45) is 1.75. The van der Waals surface area contributed by atoms with Crippen LogP contribution in [0.3, 0.4) is 0 Å². The van der Waals surface area contributed by atoms with Crippen molar-refractivity contribution in [1.29, 1.82) is 0 Å². The summed E-state index contributed by atoms with van der Waals surface area (Å²) in [6, 6.07) is 24.1. The molecule has 2 heterocycles. The molecule has 0 aliphatic rings. The second-order valence-corrected chi connectivity index (χ2v) is 7.22. The van der Waals surface area contributed by atoms with Crippen molar-refractivity contribution in [3.63, 3.8) is 0 Å². The molecular weight excluding hydrogens is 354 g/mol. The minimum absolute atomic E-state index is 0.715. The van der Waals surface area contributed by atoms with Crippen molar-refractivity contribution in [3.8, 4) is 22.1 Å². The van der Waals surface area contributed by atoms with Gasteiger partial charge in [-0.05, 0) is 18.6 Å². The lowest BCUT2D eigenvalue weighted by molar-refractivity contribution is 0.496. The Bertz CT molecular complexity index is 1020. The van der Waals surface area contributed by atoms with Gasteiger partial charge in [-0.3, -0.25) is 0 Å². The van der Waals surface area contributed by atoms with Crippen molar-refractivity contribution < 1.29 is 4.74 Å². The summed E-state index contributed by atoms with van der Waals surface area (Å²) < 4.78 is 6.15.